The number of hydrogen-bond acceptors (Lipinski definition) is 6. The van der Waals surface area contributed by atoms with Gasteiger partial charge < -0.3 is 19.7 Å². The summed E-state index contributed by atoms with van der Waals surface area (Å²) < 4.78 is 64.3. The number of carboxylic acids is 1. The Morgan fingerprint density at radius 2 is 1.95 bits per heavy atom. The second-order valence-electron chi connectivity index (χ2n) is 11.4. The highest BCUT2D eigenvalue weighted by atomic mass is 32.2. The summed E-state index contributed by atoms with van der Waals surface area (Å²) in [6, 6.07) is -1.21. The van der Waals surface area contributed by atoms with Crippen molar-refractivity contribution >= 4 is 37.0 Å². The monoisotopic (exact) mass is 580 g/mol. The van der Waals surface area contributed by atoms with Crippen LogP contribution in [-0.2, 0) is 23.5 Å². The van der Waals surface area contributed by atoms with E-state index >= 15 is 8.78 Å². The summed E-state index contributed by atoms with van der Waals surface area (Å²) in [5.74, 6) is -6.60. The molecule has 3 saturated carbocycles. The second-order valence-corrected chi connectivity index (χ2v) is 13.5. The van der Waals surface area contributed by atoms with Gasteiger partial charge in [-0.15, -0.1) is 0 Å². The Morgan fingerprint density at radius 1 is 1.29 bits per heavy atom. The van der Waals surface area contributed by atoms with Crippen LogP contribution in [0.3, 0.4) is 0 Å². The summed E-state index contributed by atoms with van der Waals surface area (Å²) in [7, 11) is -5.36. The average Bonchev–Trinajstić information content (AvgIpc) is 3.03. The molecule has 38 heavy (non-hydrogen) atoms. The van der Waals surface area contributed by atoms with Gasteiger partial charge in [0.25, 0.3) is 0 Å². The molecule has 3 N–H and O–H groups in total. The van der Waals surface area contributed by atoms with E-state index in [0.29, 0.717) is 6.42 Å². The van der Waals surface area contributed by atoms with E-state index in [9.17, 15) is 38.2 Å². The van der Waals surface area contributed by atoms with Crippen molar-refractivity contribution in [1.82, 2.24) is 0 Å². The molecule has 3 fully saturated rings. The molecule has 4 aliphatic rings. The number of allylic oxidation sites excluding steroid dienone is 4. The summed E-state index contributed by atoms with van der Waals surface area (Å²) in [6.45, 7) is 4.44. The molecule has 10 atom stereocenters. The average molecular weight is 581 g/mol. The van der Waals surface area contributed by atoms with E-state index in [4.69, 9.17) is 4.52 Å². The summed E-state index contributed by atoms with van der Waals surface area (Å²) in [5, 5.41) is 9.10. The van der Waals surface area contributed by atoms with E-state index in [2.05, 4.69) is 0 Å². The maximum atomic E-state index is 17.8. The van der Waals surface area contributed by atoms with Crippen LogP contribution in [0.15, 0.2) is 23.8 Å². The first kappa shape index (κ1) is 29.5. The Morgan fingerprint density at radius 3 is 2.50 bits per heavy atom. The molecule has 0 aromatic heterocycles. The first-order chi connectivity index (χ1) is 17.6. The topological polar surface area (TPSA) is 138 Å². The van der Waals surface area contributed by atoms with E-state index in [0.717, 1.165) is 0 Å². The largest absolute Gasteiger partial charge is 0.481 e. The number of carbonyl (C=O) groups excluding carboxylic acids is 2. The lowest BCUT2D eigenvalue weighted by atomic mass is 9.42. The molecule has 4 aliphatic carbocycles. The number of fused-ring (bicyclic) bond motifs is 5. The number of halogens is 3. The number of rotatable bonds is 7. The molecular weight excluding hydrogens is 548 g/mol. The standard InChI is InChI=1S/C25H32F3O8PS/c1-13-8-15-16-9-18(27)14-6-4-5-7-22(14,2)25(16,28)19(36-37(33,34)35)10-23(15,3)24(13,21(32)38-12-26)17(11-29)20(30)31/h5-7,11,13,15-19H,4,8-10,12H2,1-3H3,(H,30,31)(H2,33,34,35)/t13-,15+,16+,17?,18+,19+,22+,23+,24+,25+/m1/s1. The molecule has 0 bridgehead atoms. The maximum absolute atomic E-state index is 17.8. The molecule has 0 aliphatic heterocycles. The van der Waals surface area contributed by atoms with Gasteiger partial charge in [-0.25, -0.2) is 17.7 Å². The van der Waals surface area contributed by atoms with Crippen molar-refractivity contribution in [3.63, 3.8) is 0 Å². The second kappa shape index (κ2) is 9.58. The zero-order valence-electron chi connectivity index (χ0n) is 21.2. The minimum atomic E-state index is -5.36. The third-order valence-corrected chi connectivity index (χ3v) is 11.3. The van der Waals surface area contributed by atoms with Crippen LogP contribution in [0, 0.1) is 39.9 Å². The van der Waals surface area contributed by atoms with E-state index in [1.165, 1.54) is 26.8 Å². The van der Waals surface area contributed by atoms with Gasteiger partial charge >= 0.3 is 13.8 Å². The zero-order chi connectivity index (χ0) is 28.5. The van der Waals surface area contributed by atoms with Gasteiger partial charge in [-0.1, -0.05) is 43.8 Å². The minimum absolute atomic E-state index is 0.0250. The Hall–Kier alpha value is -1.46. The maximum Gasteiger partial charge on any atom is 0.469 e. The van der Waals surface area contributed by atoms with E-state index in [1.807, 2.05) is 0 Å². The molecule has 0 aromatic rings. The number of hydrogen-bond donors (Lipinski definition) is 3. The summed E-state index contributed by atoms with van der Waals surface area (Å²) in [6.07, 6.45) is 0.710. The van der Waals surface area contributed by atoms with Crippen LogP contribution >= 0.6 is 19.6 Å². The van der Waals surface area contributed by atoms with Crippen molar-refractivity contribution < 1.29 is 51.5 Å². The minimum Gasteiger partial charge on any atom is -0.481 e. The Balaban J connectivity index is 2.01. The number of phosphoric acid groups is 1. The lowest BCUT2D eigenvalue weighted by molar-refractivity contribution is -0.212. The fourth-order valence-electron chi connectivity index (χ4n) is 8.74. The number of carboxylic acid groups (broad SMARTS) is 1. The van der Waals surface area contributed by atoms with Crippen LogP contribution in [0.25, 0.3) is 0 Å². The number of thioether (sulfide) groups is 1. The summed E-state index contributed by atoms with van der Waals surface area (Å²) in [5.41, 5.74) is -7.72. The van der Waals surface area contributed by atoms with Gasteiger partial charge in [0.2, 0.25) is 0 Å². The molecule has 1 unspecified atom stereocenters. The molecule has 0 heterocycles. The van der Waals surface area contributed by atoms with Crippen LogP contribution in [-0.4, -0.2) is 56.2 Å². The molecule has 0 spiro atoms. The van der Waals surface area contributed by atoms with Crippen LogP contribution in [0.2, 0.25) is 0 Å². The molecule has 212 valence electrons. The summed E-state index contributed by atoms with van der Waals surface area (Å²) in [4.78, 5) is 57.8. The first-order valence-corrected chi connectivity index (χ1v) is 14.9. The molecule has 0 aromatic carbocycles. The van der Waals surface area contributed by atoms with Gasteiger partial charge in [-0.2, -0.15) is 0 Å². The van der Waals surface area contributed by atoms with Gasteiger partial charge in [0.05, 0.1) is 5.41 Å². The van der Waals surface area contributed by atoms with Crippen molar-refractivity contribution in [2.75, 3.05) is 6.01 Å². The van der Waals surface area contributed by atoms with Gasteiger partial charge in [-0.3, -0.25) is 14.1 Å². The highest BCUT2D eigenvalue weighted by Gasteiger charge is 2.79. The molecule has 13 heteroatoms. The molecule has 8 nitrogen and oxygen atoms in total. The Labute approximate surface area is 222 Å². The number of carbonyl (C=O) groups is 3. The molecule has 0 radical (unpaired) electrons. The van der Waals surface area contributed by atoms with Crippen LogP contribution in [0.5, 0.6) is 0 Å². The quantitative estimate of drug-likeness (QED) is 0.171. The van der Waals surface area contributed by atoms with Gasteiger partial charge in [0.15, 0.2) is 10.8 Å². The van der Waals surface area contributed by atoms with Crippen LogP contribution < -0.4 is 0 Å². The normalized spacial score (nSPS) is 44.8. The van der Waals surface area contributed by atoms with Crippen molar-refractivity contribution in [3.05, 3.63) is 23.8 Å². The van der Waals surface area contributed by atoms with Gasteiger partial charge in [-0.05, 0) is 55.4 Å². The predicted octanol–water partition coefficient (Wildman–Crippen LogP) is 4.56. The lowest BCUT2D eigenvalue weighted by Gasteiger charge is -2.64. The fraction of sp³-hybridized carbons (Fsp3) is 0.720. The number of aldehydes is 1. The molecular formula is C25H32F3O8PS. The zero-order valence-corrected chi connectivity index (χ0v) is 22.9. The summed E-state index contributed by atoms with van der Waals surface area (Å²) >= 11 is 0.197. The lowest BCUT2D eigenvalue weighted by Crippen LogP contribution is -2.70. The van der Waals surface area contributed by atoms with E-state index in [1.54, 1.807) is 12.2 Å². The molecule has 0 amide bonds. The Bertz CT molecular complexity index is 1140. The van der Waals surface area contributed by atoms with Gasteiger partial charge in [0.1, 0.15) is 30.5 Å². The van der Waals surface area contributed by atoms with Crippen LogP contribution in [0.1, 0.15) is 46.5 Å². The number of aliphatic carboxylic acids is 1. The first-order valence-electron chi connectivity index (χ1n) is 12.4. The predicted molar refractivity (Wildman–Crippen MR) is 132 cm³/mol. The van der Waals surface area contributed by atoms with Crippen molar-refractivity contribution in [2.45, 2.75) is 64.4 Å². The molecule has 0 saturated heterocycles. The van der Waals surface area contributed by atoms with Gasteiger partial charge in [0, 0.05) is 11.3 Å². The third kappa shape index (κ3) is 3.77. The van der Waals surface area contributed by atoms with Crippen molar-refractivity contribution in [3.8, 4) is 0 Å². The Kier molecular flexibility index (Phi) is 7.44. The smallest absolute Gasteiger partial charge is 0.469 e. The van der Waals surface area contributed by atoms with E-state index in [-0.39, 0.29) is 36.5 Å². The number of alkyl halides is 3. The van der Waals surface area contributed by atoms with Crippen LogP contribution in [0.4, 0.5) is 13.2 Å². The highest BCUT2D eigenvalue weighted by Crippen LogP contribution is 2.76. The highest BCUT2D eigenvalue weighted by molar-refractivity contribution is 8.13. The van der Waals surface area contributed by atoms with E-state index < -0.39 is 89.2 Å². The molecule has 4 rings (SSSR count). The van der Waals surface area contributed by atoms with Crippen molar-refractivity contribution in [1.29, 1.82) is 0 Å². The SMILES string of the molecule is C[C@@H]1C[C@H]2[C@@H]3C[C@H](F)C4=CCC=C[C@]4(C)[C@@]3(F)[C@@H](OP(=O)(O)O)C[C@]2(C)[C@]1(C(=O)SCF)C(C=O)C(=O)O. The fourth-order valence-corrected chi connectivity index (χ4v) is 10.2. The van der Waals surface area contributed by atoms with Crippen molar-refractivity contribution in [2.24, 2.45) is 39.9 Å². The third-order valence-electron chi connectivity index (χ3n) is 10.1. The number of phosphoric ester groups is 1.